The van der Waals surface area contributed by atoms with Crippen LogP contribution in [0.15, 0.2) is 66.7 Å². The van der Waals surface area contributed by atoms with Crippen LogP contribution in [0.25, 0.3) is 0 Å². The summed E-state index contributed by atoms with van der Waals surface area (Å²) in [6.07, 6.45) is -9.82. The number of hydrogen-bond acceptors (Lipinski definition) is 9. The third-order valence-electron chi connectivity index (χ3n) is 6.02. The molecule has 0 saturated heterocycles. The summed E-state index contributed by atoms with van der Waals surface area (Å²) in [4.78, 5) is 64.3. The van der Waals surface area contributed by atoms with Crippen LogP contribution in [-0.2, 0) is 30.3 Å². The Bertz CT molecular complexity index is 1690. The number of hydrogen-bond donors (Lipinski definition) is 5. The standard InChI is InChI=1S/C32H35F3N5O9P/c1-6-47-28(43)37-23-21(36-27(42)46-5)17-22(50(20-15-11-8-12-16-20)40-26(41)32(33,34)35)24(25(23)39-30(45)49-31(2,3)4)38-29(44)48-18-19-13-9-7-10-14-19/h7-17H,6,18H2,1-5H3,(H,36,42)(H,37,43)(H,38,44)(H,39,45)(H,40,41). The van der Waals surface area contributed by atoms with Gasteiger partial charge in [0, 0.05) is 10.6 Å². The number of nitrogens with one attached hydrogen (secondary N) is 5. The molecule has 0 heterocycles. The van der Waals surface area contributed by atoms with Gasteiger partial charge >= 0.3 is 36.5 Å². The van der Waals surface area contributed by atoms with Gasteiger partial charge in [-0.15, -0.1) is 0 Å². The van der Waals surface area contributed by atoms with E-state index in [0.717, 1.165) is 13.2 Å². The van der Waals surface area contributed by atoms with E-state index in [1.165, 1.54) is 31.2 Å². The van der Waals surface area contributed by atoms with Crippen molar-refractivity contribution in [1.82, 2.24) is 5.09 Å². The van der Waals surface area contributed by atoms with Gasteiger partial charge in [-0.25, -0.2) is 19.2 Å². The van der Waals surface area contributed by atoms with Crippen molar-refractivity contribution in [3.05, 3.63) is 72.3 Å². The normalized spacial score (nSPS) is 11.7. The summed E-state index contributed by atoms with van der Waals surface area (Å²) in [6.45, 7) is 5.79. The molecule has 0 spiro atoms. The van der Waals surface area contributed by atoms with Crippen LogP contribution in [0.3, 0.4) is 0 Å². The van der Waals surface area contributed by atoms with Crippen LogP contribution in [0.5, 0.6) is 0 Å². The molecule has 3 aromatic rings. The summed E-state index contributed by atoms with van der Waals surface area (Å²) in [5, 5.41) is 11.4. The van der Waals surface area contributed by atoms with E-state index in [2.05, 4.69) is 21.3 Å². The van der Waals surface area contributed by atoms with Crippen molar-refractivity contribution >= 4 is 71.7 Å². The highest BCUT2D eigenvalue weighted by molar-refractivity contribution is 7.72. The maximum atomic E-state index is 13.7. The van der Waals surface area contributed by atoms with E-state index in [4.69, 9.17) is 18.9 Å². The molecule has 0 radical (unpaired) electrons. The number of anilines is 4. The van der Waals surface area contributed by atoms with Gasteiger partial charge in [-0.1, -0.05) is 60.7 Å². The third-order valence-corrected chi connectivity index (χ3v) is 8.10. The molecule has 268 valence electrons. The lowest BCUT2D eigenvalue weighted by Gasteiger charge is -2.28. The van der Waals surface area contributed by atoms with Crippen molar-refractivity contribution in [2.75, 3.05) is 35.0 Å². The monoisotopic (exact) mass is 721 g/mol. The van der Waals surface area contributed by atoms with Gasteiger partial charge in [0.15, 0.2) is 0 Å². The first-order valence-electron chi connectivity index (χ1n) is 14.7. The summed E-state index contributed by atoms with van der Waals surface area (Å²) in [5.74, 6) is -2.33. The van der Waals surface area contributed by atoms with Gasteiger partial charge in [-0.3, -0.25) is 26.1 Å². The number of carbonyl (C=O) groups is 5. The molecule has 0 aliphatic rings. The summed E-state index contributed by atoms with van der Waals surface area (Å²) in [5.41, 5.74) is -2.18. The third kappa shape index (κ3) is 11.5. The molecule has 1 atom stereocenters. The van der Waals surface area contributed by atoms with Crippen molar-refractivity contribution in [2.24, 2.45) is 0 Å². The molecular weight excluding hydrogens is 686 g/mol. The molecule has 0 fully saturated rings. The van der Waals surface area contributed by atoms with Crippen molar-refractivity contribution < 1.29 is 56.1 Å². The smallest absolute Gasteiger partial charge is 0.453 e. The van der Waals surface area contributed by atoms with Crippen LogP contribution < -0.4 is 37.0 Å². The van der Waals surface area contributed by atoms with Crippen molar-refractivity contribution in [1.29, 1.82) is 0 Å². The maximum absolute atomic E-state index is 13.7. The van der Waals surface area contributed by atoms with Crippen LogP contribution in [0.2, 0.25) is 0 Å². The zero-order chi connectivity index (χ0) is 37.1. The zero-order valence-corrected chi connectivity index (χ0v) is 28.4. The minimum absolute atomic E-state index is 0.113. The quantitative estimate of drug-likeness (QED) is 0.114. The lowest BCUT2D eigenvalue weighted by atomic mass is 10.1. The van der Waals surface area contributed by atoms with Crippen molar-refractivity contribution in [3.8, 4) is 0 Å². The molecule has 3 rings (SSSR count). The lowest BCUT2D eigenvalue weighted by molar-refractivity contribution is -0.171. The fourth-order valence-electron chi connectivity index (χ4n) is 4.03. The molecule has 1 unspecified atom stereocenters. The minimum Gasteiger partial charge on any atom is -0.453 e. The van der Waals surface area contributed by atoms with Gasteiger partial charge in [0.1, 0.15) is 12.2 Å². The first kappa shape index (κ1) is 38.9. The number of amides is 5. The predicted octanol–water partition coefficient (Wildman–Crippen LogP) is 6.56. The van der Waals surface area contributed by atoms with E-state index in [0.29, 0.717) is 5.56 Å². The number of ether oxygens (including phenoxy) is 4. The van der Waals surface area contributed by atoms with Crippen LogP contribution in [0, 0.1) is 0 Å². The minimum atomic E-state index is -5.34. The molecule has 0 aliphatic carbocycles. The topological polar surface area (TPSA) is 182 Å². The number of halogens is 3. The van der Waals surface area contributed by atoms with Gasteiger partial charge < -0.3 is 24.0 Å². The Balaban J connectivity index is 2.39. The molecule has 50 heavy (non-hydrogen) atoms. The average Bonchev–Trinajstić information content (AvgIpc) is 3.04. The second kappa shape index (κ2) is 17.2. The summed E-state index contributed by atoms with van der Waals surface area (Å²) in [7, 11) is -1.61. The Morgan fingerprint density at radius 3 is 1.84 bits per heavy atom. The van der Waals surface area contributed by atoms with E-state index in [-0.39, 0.29) is 29.5 Å². The largest absolute Gasteiger partial charge is 0.471 e. The molecule has 3 aromatic carbocycles. The molecule has 0 aromatic heterocycles. The molecule has 0 bridgehead atoms. The van der Waals surface area contributed by atoms with E-state index in [1.54, 1.807) is 57.2 Å². The molecule has 5 amide bonds. The fourth-order valence-corrected chi connectivity index (χ4v) is 6.01. The summed E-state index contributed by atoms with van der Waals surface area (Å²) < 4.78 is 61.5. The van der Waals surface area contributed by atoms with Crippen LogP contribution in [0.4, 0.5) is 55.1 Å². The van der Waals surface area contributed by atoms with E-state index in [1.807, 2.05) is 5.09 Å². The van der Waals surface area contributed by atoms with Gasteiger partial charge in [-0.05, 0) is 39.3 Å². The number of carbonyl (C=O) groups excluding carboxylic acids is 5. The van der Waals surface area contributed by atoms with Gasteiger partial charge in [0.25, 0.3) is 0 Å². The summed E-state index contributed by atoms with van der Waals surface area (Å²) >= 11 is 0. The molecular formula is C32H35F3N5O9P. The fraction of sp³-hybridized carbons (Fsp3) is 0.281. The Hall–Kier alpha value is -5.57. The Kier molecular flexibility index (Phi) is 13.4. The SMILES string of the molecule is CCOC(=O)Nc1c(NC(=O)OC)cc(P(NC(=O)C(F)(F)F)c2ccccc2)c(NC(=O)OCc2ccccc2)c1NC(=O)OC(C)(C)C. The lowest BCUT2D eigenvalue weighted by Crippen LogP contribution is -2.39. The maximum Gasteiger partial charge on any atom is 0.471 e. The molecule has 0 aliphatic heterocycles. The second-order valence-corrected chi connectivity index (χ2v) is 12.8. The van der Waals surface area contributed by atoms with Crippen LogP contribution in [-0.4, -0.2) is 55.8 Å². The highest BCUT2D eigenvalue weighted by Crippen LogP contribution is 2.44. The highest BCUT2D eigenvalue weighted by atomic mass is 31.1. The Labute approximate surface area is 286 Å². The van der Waals surface area contributed by atoms with E-state index < -0.39 is 67.2 Å². The first-order valence-corrected chi connectivity index (χ1v) is 16.1. The zero-order valence-electron chi connectivity index (χ0n) is 27.5. The molecule has 18 heteroatoms. The van der Waals surface area contributed by atoms with E-state index in [9.17, 15) is 37.1 Å². The van der Waals surface area contributed by atoms with Gasteiger partial charge in [-0.2, -0.15) is 13.2 Å². The average molecular weight is 722 g/mol. The van der Waals surface area contributed by atoms with Gasteiger partial charge in [0.05, 0.1) is 44.5 Å². The first-order chi connectivity index (χ1) is 23.5. The summed E-state index contributed by atoms with van der Waals surface area (Å²) in [6, 6.07) is 17.0. The number of methoxy groups -OCH3 is 1. The second-order valence-electron chi connectivity index (χ2n) is 11.0. The predicted molar refractivity (Wildman–Crippen MR) is 180 cm³/mol. The molecule has 5 N–H and O–H groups in total. The highest BCUT2D eigenvalue weighted by Gasteiger charge is 2.41. The number of benzene rings is 3. The molecule has 14 nitrogen and oxygen atoms in total. The molecule has 0 saturated carbocycles. The Morgan fingerprint density at radius 2 is 1.28 bits per heavy atom. The van der Waals surface area contributed by atoms with Crippen molar-refractivity contribution in [2.45, 2.75) is 46.1 Å². The van der Waals surface area contributed by atoms with Gasteiger partial charge in [0.2, 0.25) is 0 Å². The van der Waals surface area contributed by atoms with Crippen LogP contribution >= 0.6 is 8.07 Å². The van der Waals surface area contributed by atoms with Crippen LogP contribution in [0.1, 0.15) is 33.3 Å². The van der Waals surface area contributed by atoms with Crippen molar-refractivity contribution in [3.63, 3.8) is 0 Å². The van der Waals surface area contributed by atoms with E-state index >= 15 is 0 Å². The number of alkyl halides is 3. The number of rotatable bonds is 10. The Morgan fingerprint density at radius 1 is 0.720 bits per heavy atom.